The average molecular weight is 344 g/mol. The van der Waals surface area contributed by atoms with Crippen LogP contribution in [0.15, 0.2) is 24.3 Å². The van der Waals surface area contributed by atoms with E-state index in [1.54, 1.807) is 0 Å². The van der Waals surface area contributed by atoms with E-state index in [2.05, 4.69) is 10.2 Å². The van der Waals surface area contributed by atoms with Crippen molar-refractivity contribution in [1.82, 2.24) is 10.2 Å². The first kappa shape index (κ1) is 17.0. The number of likely N-dealkylation sites (tertiary alicyclic amines) is 1. The molecule has 0 spiro atoms. The summed E-state index contributed by atoms with van der Waals surface area (Å²) in [6, 6.07) is 7.09. The number of halogens is 1. The topological polar surface area (TPSA) is 32.3 Å². The average Bonchev–Trinajstić information content (AvgIpc) is 3.09. The summed E-state index contributed by atoms with van der Waals surface area (Å²) in [5.41, 5.74) is 1.17. The number of carbonyl (C=O) groups is 1. The molecule has 1 N–H and O–H groups in total. The number of amides is 1. The van der Waals surface area contributed by atoms with Crippen LogP contribution in [0.5, 0.6) is 0 Å². The van der Waals surface area contributed by atoms with Gasteiger partial charge in [-0.15, -0.1) is 0 Å². The lowest BCUT2D eigenvalue weighted by Crippen LogP contribution is -2.46. The van der Waals surface area contributed by atoms with E-state index in [0.29, 0.717) is 17.9 Å². The highest BCUT2D eigenvalue weighted by molar-refractivity contribution is 5.79. The van der Waals surface area contributed by atoms with Crippen LogP contribution >= 0.6 is 0 Å². The molecule has 3 nitrogen and oxygen atoms in total. The number of rotatable bonds is 5. The van der Waals surface area contributed by atoms with Gasteiger partial charge in [-0.25, -0.2) is 4.39 Å². The minimum absolute atomic E-state index is 0.177. The zero-order valence-electron chi connectivity index (χ0n) is 14.9. The van der Waals surface area contributed by atoms with Crippen molar-refractivity contribution >= 4 is 5.91 Å². The molecule has 1 aromatic rings. The van der Waals surface area contributed by atoms with E-state index in [1.165, 1.54) is 43.4 Å². The Morgan fingerprint density at radius 3 is 2.56 bits per heavy atom. The van der Waals surface area contributed by atoms with Crippen LogP contribution in [0, 0.1) is 23.6 Å². The number of nitrogens with zero attached hydrogens (tertiary/aromatic N) is 1. The SMILES string of the molecule is O=C(N[C@H]1CCN(CCc2ccc(F)cc2)C1)C1CC2CCC1CC2. The third kappa shape index (κ3) is 4.05. The van der Waals surface area contributed by atoms with E-state index in [-0.39, 0.29) is 11.7 Å². The molecule has 4 heteroatoms. The van der Waals surface area contributed by atoms with Gasteiger partial charge < -0.3 is 10.2 Å². The lowest BCUT2D eigenvalue weighted by molar-refractivity contribution is -0.130. The van der Waals surface area contributed by atoms with E-state index in [9.17, 15) is 9.18 Å². The molecule has 1 saturated heterocycles. The Hall–Kier alpha value is -1.42. The highest BCUT2D eigenvalue weighted by Crippen LogP contribution is 2.45. The number of hydrogen-bond donors (Lipinski definition) is 1. The highest BCUT2D eigenvalue weighted by atomic mass is 19.1. The van der Waals surface area contributed by atoms with Gasteiger partial charge in [0.1, 0.15) is 5.82 Å². The smallest absolute Gasteiger partial charge is 0.223 e. The summed E-state index contributed by atoms with van der Waals surface area (Å²) in [5.74, 6) is 1.86. The van der Waals surface area contributed by atoms with Gasteiger partial charge in [-0.1, -0.05) is 25.0 Å². The molecule has 3 saturated carbocycles. The van der Waals surface area contributed by atoms with Gasteiger partial charge in [0.15, 0.2) is 0 Å². The standard InChI is InChI=1S/C21H29FN2O/c22-18-7-3-15(4-8-18)9-11-24-12-10-19(14-24)23-21(25)20-13-16-1-5-17(20)6-2-16/h3-4,7-8,16-17,19-20H,1-2,5-6,9-14H2,(H,23,25)/t16?,17?,19-,20?/m0/s1. The normalized spacial score (nSPS) is 32.0. The summed E-state index contributed by atoms with van der Waals surface area (Å²) < 4.78 is 13.0. The number of fused-ring (bicyclic) bond motifs is 3. The van der Waals surface area contributed by atoms with Gasteiger partial charge in [0.2, 0.25) is 5.91 Å². The molecule has 0 aromatic heterocycles. The predicted octanol–water partition coefficient (Wildman–Crippen LogP) is 3.39. The molecular weight excluding hydrogens is 315 g/mol. The van der Waals surface area contributed by atoms with Crippen molar-refractivity contribution in [2.75, 3.05) is 19.6 Å². The van der Waals surface area contributed by atoms with Crippen molar-refractivity contribution in [3.05, 3.63) is 35.6 Å². The van der Waals surface area contributed by atoms with Crippen molar-refractivity contribution in [3.8, 4) is 0 Å². The van der Waals surface area contributed by atoms with Crippen molar-refractivity contribution in [2.24, 2.45) is 17.8 Å². The van der Waals surface area contributed by atoms with Gasteiger partial charge in [-0.05, 0) is 61.6 Å². The maximum Gasteiger partial charge on any atom is 0.223 e. The van der Waals surface area contributed by atoms with Crippen LogP contribution < -0.4 is 5.32 Å². The molecule has 4 fully saturated rings. The molecular formula is C21H29FN2O. The van der Waals surface area contributed by atoms with Crippen LogP contribution in [-0.2, 0) is 11.2 Å². The Balaban J connectivity index is 1.22. The molecule has 1 heterocycles. The quantitative estimate of drug-likeness (QED) is 0.888. The van der Waals surface area contributed by atoms with Crippen molar-refractivity contribution in [1.29, 1.82) is 0 Å². The lowest BCUT2D eigenvalue weighted by atomic mass is 9.64. The molecule has 2 bridgehead atoms. The molecule has 5 rings (SSSR count). The predicted molar refractivity (Wildman–Crippen MR) is 96.6 cm³/mol. The van der Waals surface area contributed by atoms with Crippen LogP contribution in [0.3, 0.4) is 0 Å². The molecule has 0 radical (unpaired) electrons. The summed E-state index contributed by atoms with van der Waals surface area (Å²) in [7, 11) is 0. The maximum absolute atomic E-state index is 13.0. The first-order valence-electron chi connectivity index (χ1n) is 9.94. The third-order valence-electron chi connectivity index (χ3n) is 6.63. The molecule has 1 unspecified atom stereocenters. The molecule has 1 aliphatic heterocycles. The Labute approximate surface area is 150 Å². The second-order valence-electron chi connectivity index (χ2n) is 8.29. The molecule has 4 aliphatic rings. The summed E-state index contributed by atoms with van der Waals surface area (Å²) in [4.78, 5) is 15.1. The Morgan fingerprint density at radius 2 is 1.88 bits per heavy atom. The van der Waals surface area contributed by atoms with E-state index < -0.39 is 0 Å². The molecule has 25 heavy (non-hydrogen) atoms. The minimum Gasteiger partial charge on any atom is -0.352 e. The largest absolute Gasteiger partial charge is 0.352 e. The second kappa shape index (κ2) is 7.45. The van der Waals surface area contributed by atoms with Crippen LogP contribution in [0.25, 0.3) is 0 Å². The second-order valence-corrected chi connectivity index (χ2v) is 8.29. The lowest BCUT2D eigenvalue weighted by Gasteiger charge is -2.41. The fraction of sp³-hybridized carbons (Fsp3) is 0.667. The van der Waals surface area contributed by atoms with Gasteiger partial charge in [0.05, 0.1) is 0 Å². The number of hydrogen-bond acceptors (Lipinski definition) is 2. The van der Waals surface area contributed by atoms with Crippen LogP contribution in [0.4, 0.5) is 4.39 Å². The fourth-order valence-electron chi connectivity index (χ4n) is 5.10. The van der Waals surface area contributed by atoms with Crippen LogP contribution in [0.2, 0.25) is 0 Å². The first-order chi connectivity index (χ1) is 12.2. The molecule has 3 aliphatic carbocycles. The minimum atomic E-state index is -0.177. The summed E-state index contributed by atoms with van der Waals surface area (Å²) >= 11 is 0. The van der Waals surface area contributed by atoms with Gasteiger partial charge in [-0.2, -0.15) is 0 Å². The maximum atomic E-state index is 13.0. The van der Waals surface area contributed by atoms with Crippen molar-refractivity contribution in [2.45, 2.75) is 51.0 Å². The van der Waals surface area contributed by atoms with Crippen molar-refractivity contribution < 1.29 is 9.18 Å². The Morgan fingerprint density at radius 1 is 1.12 bits per heavy atom. The monoisotopic (exact) mass is 344 g/mol. The number of benzene rings is 1. The zero-order valence-corrected chi connectivity index (χ0v) is 14.9. The fourth-order valence-corrected chi connectivity index (χ4v) is 5.10. The molecule has 1 aromatic carbocycles. The first-order valence-corrected chi connectivity index (χ1v) is 9.94. The highest BCUT2D eigenvalue weighted by Gasteiger charge is 2.40. The Kier molecular flexibility index (Phi) is 5.07. The van der Waals surface area contributed by atoms with E-state index in [1.807, 2.05) is 12.1 Å². The van der Waals surface area contributed by atoms with Crippen molar-refractivity contribution in [3.63, 3.8) is 0 Å². The van der Waals surface area contributed by atoms with Gasteiger partial charge in [0.25, 0.3) is 0 Å². The number of nitrogens with one attached hydrogen (secondary N) is 1. The van der Waals surface area contributed by atoms with Gasteiger partial charge >= 0.3 is 0 Å². The molecule has 2 atom stereocenters. The zero-order chi connectivity index (χ0) is 17.2. The van der Waals surface area contributed by atoms with E-state index in [4.69, 9.17) is 0 Å². The van der Waals surface area contributed by atoms with Gasteiger partial charge in [-0.3, -0.25) is 4.79 Å². The van der Waals surface area contributed by atoms with E-state index >= 15 is 0 Å². The number of carbonyl (C=O) groups excluding carboxylic acids is 1. The van der Waals surface area contributed by atoms with Gasteiger partial charge in [0, 0.05) is 31.6 Å². The summed E-state index contributed by atoms with van der Waals surface area (Å²) in [6.45, 7) is 2.97. The Bertz CT molecular complexity index is 594. The third-order valence-corrected chi connectivity index (χ3v) is 6.63. The molecule has 1 amide bonds. The summed E-state index contributed by atoms with van der Waals surface area (Å²) in [6.07, 6.45) is 8.32. The summed E-state index contributed by atoms with van der Waals surface area (Å²) in [5, 5.41) is 3.34. The van der Waals surface area contributed by atoms with Crippen LogP contribution in [-0.4, -0.2) is 36.5 Å². The molecule has 136 valence electrons. The van der Waals surface area contributed by atoms with Crippen LogP contribution in [0.1, 0.15) is 44.1 Å². The van der Waals surface area contributed by atoms with E-state index in [0.717, 1.165) is 44.8 Å².